The van der Waals surface area contributed by atoms with Crippen LogP contribution in [0, 0.1) is 17.0 Å². The average molecular weight is 313 g/mol. The SMILES string of the molecule is Cc1ccc(NC(=O)CSC(=S)N(C)C)c([N+](=O)[O-])c1. The number of hydrogen-bond donors (Lipinski definition) is 1. The van der Waals surface area contributed by atoms with Gasteiger partial charge in [0.1, 0.15) is 10.0 Å². The van der Waals surface area contributed by atoms with E-state index in [0.29, 0.717) is 4.32 Å². The molecule has 6 nitrogen and oxygen atoms in total. The van der Waals surface area contributed by atoms with Crippen molar-refractivity contribution in [3.8, 4) is 0 Å². The first-order valence-corrected chi connectivity index (χ1v) is 7.09. The van der Waals surface area contributed by atoms with E-state index in [1.54, 1.807) is 32.0 Å². The van der Waals surface area contributed by atoms with Crippen molar-refractivity contribution in [2.45, 2.75) is 6.92 Å². The third-order valence-electron chi connectivity index (χ3n) is 2.32. The van der Waals surface area contributed by atoms with E-state index < -0.39 is 4.92 Å². The Hall–Kier alpha value is -1.67. The van der Waals surface area contributed by atoms with Crippen LogP contribution in [0.25, 0.3) is 0 Å². The van der Waals surface area contributed by atoms with Gasteiger partial charge in [-0.1, -0.05) is 30.0 Å². The number of thioether (sulfide) groups is 1. The highest BCUT2D eigenvalue weighted by Crippen LogP contribution is 2.25. The summed E-state index contributed by atoms with van der Waals surface area (Å²) in [6, 6.07) is 4.66. The van der Waals surface area contributed by atoms with E-state index in [9.17, 15) is 14.9 Å². The molecule has 0 aromatic heterocycles. The van der Waals surface area contributed by atoms with Crippen LogP contribution in [-0.4, -0.2) is 39.9 Å². The second-order valence-corrected chi connectivity index (χ2v) is 5.88. The summed E-state index contributed by atoms with van der Waals surface area (Å²) >= 11 is 6.25. The van der Waals surface area contributed by atoms with Gasteiger partial charge in [-0.25, -0.2) is 0 Å². The molecular weight excluding hydrogens is 298 g/mol. The zero-order valence-corrected chi connectivity index (χ0v) is 13.0. The molecule has 108 valence electrons. The van der Waals surface area contributed by atoms with Gasteiger partial charge in [-0.2, -0.15) is 0 Å². The fraction of sp³-hybridized carbons (Fsp3) is 0.333. The van der Waals surface area contributed by atoms with Gasteiger partial charge < -0.3 is 10.2 Å². The second-order valence-electron chi connectivity index (χ2n) is 4.27. The number of carbonyl (C=O) groups excluding carboxylic acids is 1. The number of amides is 1. The van der Waals surface area contributed by atoms with Crippen molar-refractivity contribution in [1.29, 1.82) is 0 Å². The molecule has 0 fully saturated rings. The second kappa shape index (κ2) is 7.20. The van der Waals surface area contributed by atoms with Crippen LogP contribution < -0.4 is 5.32 Å². The molecule has 1 aromatic carbocycles. The van der Waals surface area contributed by atoms with Crippen molar-refractivity contribution in [2.24, 2.45) is 0 Å². The molecule has 1 aromatic rings. The minimum Gasteiger partial charge on any atom is -0.364 e. The van der Waals surface area contributed by atoms with Crippen LogP contribution in [0.2, 0.25) is 0 Å². The molecule has 8 heteroatoms. The number of anilines is 1. The van der Waals surface area contributed by atoms with Crippen LogP contribution in [0.1, 0.15) is 5.56 Å². The monoisotopic (exact) mass is 313 g/mol. The fourth-order valence-electron chi connectivity index (χ4n) is 1.34. The Balaban J connectivity index is 2.71. The smallest absolute Gasteiger partial charge is 0.293 e. The average Bonchev–Trinajstić information content (AvgIpc) is 2.37. The molecule has 0 atom stereocenters. The third kappa shape index (κ3) is 4.78. The minimum absolute atomic E-state index is 0.112. The molecule has 0 saturated carbocycles. The molecule has 0 aliphatic rings. The van der Waals surface area contributed by atoms with Gasteiger partial charge in [-0.15, -0.1) is 0 Å². The molecule has 0 spiro atoms. The molecule has 1 N–H and O–H groups in total. The maximum absolute atomic E-state index is 11.8. The predicted molar refractivity (Wildman–Crippen MR) is 85.2 cm³/mol. The lowest BCUT2D eigenvalue weighted by molar-refractivity contribution is -0.384. The van der Waals surface area contributed by atoms with E-state index in [0.717, 1.165) is 5.56 Å². The summed E-state index contributed by atoms with van der Waals surface area (Å²) in [4.78, 5) is 23.9. The van der Waals surface area contributed by atoms with Crippen molar-refractivity contribution in [1.82, 2.24) is 4.90 Å². The highest BCUT2D eigenvalue weighted by molar-refractivity contribution is 8.23. The van der Waals surface area contributed by atoms with Gasteiger partial charge in [-0.05, 0) is 18.6 Å². The van der Waals surface area contributed by atoms with E-state index in [2.05, 4.69) is 5.32 Å². The van der Waals surface area contributed by atoms with Crippen molar-refractivity contribution in [2.75, 3.05) is 25.2 Å². The lowest BCUT2D eigenvalue weighted by atomic mass is 10.2. The first kappa shape index (κ1) is 16.4. The molecule has 0 aliphatic heterocycles. The highest BCUT2D eigenvalue weighted by atomic mass is 32.2. The van der Waals surface area contributed by atoms with Crippen molar-refractivity contribution in [3.63, 3.8) is 0 Å². The molecule has 1 rings (SSSR count). The first-order valence-electron chi connectivity index (χ1n) is 5.70. The molecule has 0 unspecified atom stereocenters. The maximum atomic E-state index is 11.8. The number of benzene rings is 1. The van der Waals surface area contributed by atoms with E-state index in [-0.39, 0.29) is 23.0 Å². The van der Waals surface area contributed by atoms with Gasteiger partial charge in [0.15, 0.2) is 0 Å². The quantitative estimate of drug-likeness (QED) is 0.523. The van der Waals surface area contributed by atoms with Gasteiger partial charge in [0.25, 0.3) is 5.69 Å². The summed E-state index contributed by atoms with van der Waals surface area (Å²) in [6.07, 6.45) is 0. The Morgan fingerprint density at radius 2 is 2.15 bits per heavy atom. The number of rotatable bonds is 4. The van der Waals surface area contributed by atoms with E-state index in [4.69, 9.17) is 12.2 Å². The molecule has 20 heavy (non-hydrogen) atoms. The van der Waals surface area contributed by atoms with Crippen LogP contribution >= 0.6 is 24.0 Å². The van der Waals surface area contributed by atoms with Crippen LogP contribution in [0.5, 0.6) is 0 Å². The Bertz CT molecular complexity index is 547. The molecular formula is C12H15N3O3S2. The van der Waals surface area contributed by atoms with Crippen molar-refractivity contribution >= 4 is 45.6 Å². The summed E-state index contributed by atoms with van der Waals surface area (Å²) in [5.41, 5.74) is 0.846. The van der Waals surface area contributed by atoms with Gasteiger partial charge in [0.05, 0.1) is 10.7 Å². The number of thiocarbonyl (C=S) groups is 1. The number of aryl methyl sites for hydroxylation is 1. The lowest BCUT2D eigenvalue weighted by Crippen LogP contribution is -2.21. The third-order valence-corrected chi connectivity index (χ3v) is 4.05. The number of nitrogens with one attached hydrogen (secondary N) is 1. The normalized spacial score (nSPS) is 9.95. The molecule has 0 radical (unpaired) electrons. The number of carbonyl (C=O) groups is 1. The molecule has 0 saturated heterocycles. The first-order chi connectivity index (χ1) is 9.31. The molecule has 0 bridgehead atoms. The zero-order chi connectivity index (χ0) is 15.3. The zero-order valence-electron chi connectivity index (χ0n) is 11.4. The fourth-order valence-corrected chi connectivity index (χ4v) is 2.10. The van der Waals surface area contributed by atoms with E-state index in [1.807, 2.05) is 0 Å². The maximum Gasteiger partial charge on any atom is 0.293 e. The number of nitrogens with zero attached hydrogens (tertiary/aromatic N) is 2. The van der Waals surface area contributed by atoms with Crippen LogP contribution in [0.4, 0.5) is 11.4 Å². The predicted octanol–water partition coefficient (Wildman–Crippen LogP) is 2.42. The Morgan fingerprint density at radius 1 is 1.50 bits per heavy atom. The number of nitro groups is 1. The van der Waals surface area contributed by atoms with E-state index in [1.165, 1.54) is 23.9 Å². The summed E-state index contributed by atoms with van der Waals surface area (Å²) in [5, 5.41) is 13.5. The molecule has 0 heterocycles. The standard InChI is InChI=1S/C12H15N3O3S2/c1-8-4-5-9(10(6-8)15(17)18)13-11(16)7-20-12(19)14(2)3/h4-6H,7H2,1-3H3,(H,13,16). The summed E-state index contributed by atoms with van der Waals surface area (Å²) in [5.74, 6) is -0.214. The topological polar surface area (TPSA) is 75.5 Å². The molecule has 0 aliphatic carbocycles. The van der Waals surface area contributed by atoms with Crippen LogP contribution in [0.15, 0.2) is 18.2 Å². The van der Waals surface area contributed by atoms with Crippen LogP contribution in [0.3, 0.4) is 0 Å². The van der Waals surface area contributed by atoms with Gasteiger partial charge in [0, 0.05) is 20.2 Å². The Kier molecular flexibility index (Phi) is 5.90. The van der Waals surface area contributed by atoms with Crippen molar-refractivity contribution < 1.29 is 9.72 Å². The molecule has 1 amide bonds. The lowest BCUT2D eigenvalue weighted by Gasteiger charge is -2.12. The summed E-state index contributed by atoms with van der Waals surface area (Å²) < 4.78 is 0.582. The van der Waals surface area contributed by atoms with E-state index >= 15 is 0 Å². The Labute approximate surface area is 126 Å². The van der Waals surface area contributed by atoms with Gasteiger partial charge >= 0.3 is 0 Å². The number of hydrogen-bond acceptors (Lipinski definition) is 5. The summed E-state index contributed by atoms with van der Waals surface area (Å²) in [7, 11) is 3.58. The number of nitro benzene ring substituents is 1. The van der Waals surface area contributed by atoms with Crippen LogP contribution in [-0.2, 0) is 4.79 Å². The highest BCUT2D eigenvalue weighted by Gasteiger charge is 2.16. The van der Waals surface area contributed by atoms with Crippen molar-refractivity contribution in [3.05, 3.63) is 33.9 Å². The largest absolute Gasteiger partial charge is 0.364 e. The Morgan fingerprint density at radius 3 is 2.70 bits per heavy atom. The van der Waals surface area contributed by atoms with Gasteiger partial charge in [0.2, 0.25) is 5.91 Å². The van der Waals surface area contributed by atoms with Gasteiger partial charge in [-0.3, -0.25) is 14.9 Å². The minimum atomic E-state index is -0.514. The summed E-state index contributed by atoms with van der Waals surface area (Å²) in [6.45, 7) is 1.75.